The molecule has 1 aliphatic carbocycles. The molecule has 1 aliphatic heterocycles. The van der Waals surface area contributed by atoms with Gasteiger partial charge in [0.1, 0.15) is 24.7 Å². The van der Waals surface area contributed by atoms with Gasteiger partial charge in [0.25, 0.3) is 0 Å². The van der Waals surface area contributed by atoms with Crippen LogP contribution in [-0.2, 0) is 0 Å². The zero-order chi connectivity index (χ0) is 24.2. The Hall–Kier alpha value is -3.80. The molecule has 3 aromatic carbocycles. The first-order valence-electron chi connectivity index (χ1n) is 11.9. The average Bonchev–Trinajstić information content (AvgIpc) is 3.41. The number of benzene rings is 3. The van der Waals surface area contributed by atoms with Crippen LogP contribution in [-0.4, -0.2) is 34.5 Å². The lowest BCUT2D eigenvalue weighted by molar-refractivity contribution is 0.217. The first-order valence-corrected chi connectivity index (χ1v) is 11.9. The molecule has 6 heteroatoms. The van der Waals surface area contributed by atoms with Gasteiger partial charge in [-0.2, -0.15) is 0 Å². The maximum atomic E-state index is 6.20. The summed E-state index contributed by atoms with van der Waals surface area (Å²) in [4.78, 5) is 0. The second-order valence-corrected chi connectivity index (χ2v) is 8.66. The van der Waals surface area contributed by atoms with E-state index in [9.17, 15) is 0 Å². The SMILES string of the molecule is COc1cc(C2Nc3c(OCCOc4ccccc4)cccc3C3C=CCC32)cc(OC)c1OC. The quantitative estimate of drug-likeness (QED) is 0.304. The summed E-state index contributed by atoms with van der Waals surface area (Å²) < 4.78 is 28.8. The molecular formula is C29H31NO5. The molecule has 182 valence electrons. The van der Waals surface area contributed by atoms with E-state index >= 15 is 0 Å². The van der Waals surface area contributed by atoms with Crippen LogP contribution in [0.3, 0.4) is 0 Å². The molecule has 0 saturated carbocycles. The van der Waals surface area contributed by atoms with E-state index in [4.69, 9.17) is 23.7 Å². The predicted molar refractivity (Wildman–Crippen MR) is 136 cm³/mol. The predicted octanol–water partition coefficient (Wildman–Crippen LogP) is 6.00. The lowest BCUT2D eigenvalue weighted by atomic mass is 9.77. The van der Waals surface area contributed by atoms with Gasteiger partial charge in [-0.05, 0) is 53.8 Å². The molecule has 0 fully saturated rings. The van der Waals surface area contributed by atoms with E-state index in [1.807, 2.05) is 48.5 Å². The highest BCUT2D eigenvalue weighted by Gasteiger charge is 2.39. The highest BCUT2D eigenvalue weighted by Crippen LogP contribution is 2.53. The van der Waals surface area contributed by atoms with Crippen molar-refractivity contribution in [2.75, 3.05) is 39.9 Å². The summed E-state index contributed by atoms with van der Waals surface area (Å²) in [5, 5.41) is 3.79. The Labute approximate surface area is 206 Å². The normalized spacial score (nSPS) is 19.8. The van der Waals surface area contributed by atoms with Gasteiger partial charge < -0.3 is 29.0 Å². The minimum absolute atomic E-state index is 0.0570. The molecule has 0 radical (unpaired) electrons. The molecule has 0 aromatic heterocycles. The van der Waals surface area contributed by atoms with Crippen LogP contribution in [0.15, 0.2) is 72.8 Å². The van der Waals surface area contributed by atoms with Gasteiger partial charge in [-0.1, -0.05) is 42.5 Å². The Balaban J connectivity index is 1.41. The zero-order valence-electron chi connectivity index (χ0n) is 20.3. The van der Waals surface area contributed by atoms with E-state index in [-0.39, 0.29) is 6.04 Å². The molecule has 1 N–H and O–H groups in total. The lowest BCUT2D eigenvalue weighted by Crippen LogP contribution is -2.29. The molecule has 3 atom stereocenters. The van der Waals surface area contributed by atoms with Gasteiger partial charge in [0.15, 0.2) is 11.5 Å². The zero-order valence-corrected chi connectivity index (χ0v) is 20.3. The van der Waals surface area contributed by atoms with E-state index in [0.29, 0.717) is 42.3 Å². The van der Waals surface area contributed by atoms with Crippen molar-refractivity contribution in [2.24, 2.45) is 5.92 Å². The minimum atomic E-state index is 0.0570. The molecule has 0 bridgehead atoms. The van der Waals surface area contributed by atoms with Crippen molar-refractivity contribution in [3.8, 4) is 28.7 Å². The third kappa shape index (κ3) is 4.48. The summed E-state index contributed by atoms with van der Waals surface area (Å²) in [5.74, 6) is 4.25. The molecule has 5 rings (SSSR count). The molecule has 0 amide bonds. The Bertz CT molecular complexity index is 1170. The standard InChI is InChI=1S/C29H31NO5/c1-31-25-17-19(18-26(32-2)29(25)33-3)27-22-12-7-11-21(22)23-13-8-14-24(28(23)30-27)35-16-15-34-20-9-5-4-6-10-20/h4-11,13-14,17-18,21-22,27,30H,12,15-16H2,1-3H3. The summed E-state index contributed by atoms with van der Waals surface area (Å²) in [6, 6.07) is 20.2. The van der Waals surface area contributed by atoms with E-state index in [1.165, 1.54) is 5.56 Å². The van der Waals surface area contributed by atoms with E-state index in [0.717, 1.165) is 29.2 Å². The number of rotatable bonds is 9. The first-order chi connectivity index (χ1) is 17.2. The second kappa shape index (κ2) is 10.2. The lowest BCUT2D eigenvalue weighted by Gasteiger charge is -2.38. The Morgan fingerprint density at radius 3 is 2.26 bits per heavy atom. The molecule has 3 aromatic rings. The van der Waals surface area contributed by atoms with E-state index in [2.05, 4.69) is 29.6 Å². The molecule has 2 aliphatic rings. The maximum absolute atomic E-state index is 6.20. The Morgan fingerprint density at radius 1 is 0.800 bits per heavy atom. The van der Waals surface area contributed by atoms with Gasteiger partial charge in [0, 0.05) is 5.92 Å². The molecule has 35 heavy (non-hydrogen) atoms. The number of allylic oxidation sites excluding steroid dienone is 2. The third-order valence-electron chi connectivity index (χ3n) is 6.76. The van der Waals surface area contributed by atoms with Crippen molar-refractivity contribution in [3.63, 3.8) is 0 Å². The van der Waals surface area contributed by atoms with Crippen molar-refractivity contribution < 1.29 is 23.7 Å². The highest BCUT2D eigenvalue weighted by molar-refractivity contribution is 5.68. The Morgan fingerprint density at radius 2 is 1.54 bits per heavy atom. The fourth-order valence-electron chi connectivity index (χ4n) is 5.15. The van der Waals surface area contributed by atoms with Crippen LogP contribution in [0, 0.1) is 5.92 Å². The summed E-state index contributed by atoms with van der Waals surface area (Å²) in [5.41, 5.74) is 3.37. The number of hydrogen-bond acceptors (Lipinski definition) is 6. The van der Waals surface area contributed by atoms with Crippen LogP contribution in [0.1, 0.15) is 29.5 Å². The monoisotopic (exact) mass is 473 g/mol. The summed E-state index contributed by atoms with van der Waals surface area (Å²) >= 11 is 0. The summed E-state index contributed by atoms with van der Waals surface area (Å²) in [7, 11) is 4.92. The van der Waals surface area contributed by atoms with Crippen molar-refractivity contribution >= 4 is 5.69 Å². The Kier molecular flexibility index (Phi) is 6.70. The number of fused-ring (bicyclic) bond motifs is 3. The smallest absolute Gasteiger partial charge is 0.203 e. The van der Waals surface area contributed by atoms with Crippen molar-refractivity contribution in [1.29, 1.82) is 0 Å². The minimum Gasteiger partial charge on any atom is -0.493 e. The molecule has 1 heterocycles. The number of hydrogen-bond donors (Lipinski definition) is 1. The molecule has 0 spiro atoms. The van der Waals surface area contributed by atoms with Gasteiger partial charge in [0.2, 0.25) is 5.75 Å². The molecular weight excluding hydrogens is 442 g/mol. The topological polar surface area (TPSA) is 58.2 Å². The second-order valence-electron chi connectivity index (χ2n) is 8.66. The van der Waals surface area contributed by atoms with Crippen LogP contribution in [0.5, 0.6) is 28.7 Å². The third-order valence-corrected chi connectivity index (χ3v) is 6.76. The first kappa shape index (κ1) is 23.0. The highest BCUT2D eigenvalue weighted by atomic mass is 16.5. The van der Waals surface area contributed by atoms with Gasteiger partial charge >= 0.3 is 0 Å². The molecule has 0 saturated heterocycles. The van der Waals surface area contributed by atoms with Crippen LogP contribution in [0.25, 0.3) is 0 Å². The van der Waals surface area contributed by atoms with Crippen molar-refractivity contribution in [3.05, 3.63) is 83.9 Å². The van der Waals surface area contributed by atoms with Gasteiger partial charge in [-0.3, -0.25) is 0 Å². The molecule has 6 nitrogen and oxygen atoms in total. The van der Waals surface area contributed by atoms with E-state index < -0.39 is 0 Å². The van der Waals surface area contributed by atoms with Crippen LogP contribution >= 0.6 is 0 Å². The van der Waals surface area contributed by atoms with Gasteiger partial charge in [-0.15, -0.1) is 0 Å². The van der Waals surface area contributed by atoms with Crippen molar-refractivity contribution in [1.82, 2.24) is 0 Å². The van der Waals surface area contributed by atoms with Crippen LogP contribution in [0.2, 0.25) is 0 Å². The fourth-order valence-corrected chi connectivity index (χ4v) is 5.15. The van der Waals surface area contributed by atoms with Crippen LogP contribution < -0.4 is 29.0 Å². The summed E-state index contributed by atoms with van der Waals surface area (Å²) in [6.07, 6.45) is 5.59. The number of para-hydroxylation sites is 2. The van der Waals surface area contributed by atoms with Gasteiger partial charge in [0.05, 0.1) is 33.1 Å². The maximum Gasteiger partial charge on any atom is 0.203 e. The largest absolute Gasteiger partial charge is 0.493 e. The fraction of sp³-hybridized carbons (Fsp3) is 0.310. The van der Waals surface area contributed by atoms with Gasteiger partial charge in [-0.25, -0.2) is 0 Å². The number of ether oxygens (including phenoxy) is 5. The molecule has 3 unspecified atom stereocenters. The number of methoxy groups -OCH3 is 3. The van der Waals surface area contributed by atoms with E-state index in [1.54, 1.807) is 21.3 Å². The summed E-state index contributed by atoms with van der Waals surface area (Å²) in [6.45, 7) is 0.918. The number of nitrogens with one attached hydrogen (secondary N) is 1. The number of anilines is 1. The average molecular weight is 474 g/mol. The van der Waals surface area contributed by atoms with Crippen molar-refractivity contribution in [2.45, 2.75) is 18.4 Å². The van der Waals surface area contributed by atoms with Crippen LogP contribution in [0.4, 0.5) is 5.69 Å².